The maximum Gasteiger partial charge on any atom is 0.106 e. The Morgan fingerprint density at radius 3 is 1.70 bits per heavy atom. The lowest BCUT2D eigenvalue weighted by Crippen LogP contribution is -1.84. The van der Waals surface area contributed by atoms with E-state index in [0.717, 1.165) is 34.6 Å². The van der Waals surface area contributed by atoms with Crippen molar-refractivity contribution in [2.75, 3.05) is 18.1 Å². The van der Waals surface area contributed by atoms with Gasteiger partial charge in [0.2, 0.25) is 0 Å². The molecule has 1 saturated heterocycles. The van der Waals surface area contributed by atoms with Crippen LogP contribution in [0.3, 0.4) is 0 Å². The Hall–Kier alpha value is -2.09. The molecule has 2 aromatic heterocycles. The number of nitrogens with zero attached hydrogens (tertiary/aromatic N) is 2. The van der Waals surface area contributed by atoms with Gasteiger partial charge < -0.3 is 4.74 Å². The number of hydrogen-bond donors (Lipinski definition) is 0. The summed E-state index contributed by atoms with van der Waals surface area (Å²) in [6.07, 6.45) is 2.56. The Labute approximate surface area is 228 Å². The predicted molar refractivity (Wildman–Crippen MR) is 152 cm³/mol. The highest BCUT2D eigenvalue weighted by atomic mass is 127. The number of pyridine rings is 2. The standard InChI is InChI=1S/C12H11N.C11H8BrN.C4H8O.CH3I/c1-10-6-5-9-12(13-10)11-7-3-2-4-8-11;12-11-8-4-7-10(13-11)9-5-2-1-3-6-9;1-2-4-5-3-1;1-2/h2-9H,1H3;1-8H;1-4H2;1H3/i1D3;;;1D3. The summed E-state index contributed by atoms with van der Waals surface area (Å²) in [5, 5.41) is 0. The zero-order valence-corrected chi connectivity index (χ0v) is 21.9. The number of aryl methyl sites for hydroxylation is 1. The van der Waals surface area contributed by atoms with E-state index in [1.807, 2.05) is 72.8 Å². The van der Waals surface area contributed by atoms with Crippen LogP contribution >= 0.6 is 38.5 Å². The molecule has 3 nitrogen and oxygen atoms in total. The minimum atomic E-state index is -2.15. The third-order valence-corrected chi connectivity index (χ3v) is 4.87. The van der Waals surface area contributed by atoms with E-state index in [9.17, 15) is 0 Å². The Bertz CT molecular complexity index is 1220. The minimum Gasteiger partial charge on any atom is -0.381 e. The van der Waals surface area contributed by atoms with Crippen LogP contribution in [0.15, 0.2) is 102 Å². The highest BCUT2D eigenvalue weighted by molar-refractivity contribution is 14.1. The molecule has 1 fully saturated rings. The summed E-state index contributed by atoms with van der Waals surface area (Å²) in [4.78, 5) is 6.73. The highest BCUT2D eigenvalue weighted by Gasteiger charge is 1.98. The molecule has 0 amide bonds. The topological polar surface area (TPSA) is 35.0 Å². The summed E-state index contributed by atoms with van der Waals surface area (Å²) < 4.78 is 46.5. The molecule has 2 aromatic carbocycles. The molecule has 0 spiro atoms. The van der Waals surface area contributed by atoms with Crippen molar-refractivity contribution in [1.29, 1.82) is 0 Å². The fourth-order valence-corrected chi connectivity index (χ4v) is 3.24. The first-order valence-corrected chi connectivity index (χ1v) is 12.3. The lowest BCUT2D eigenvalue weighted by molar-refractivity contribution is 0.198. The van der Waals surface area contributed by atoms with Gasteiger partial charge in [0.1, 0.15) is 4.60 Å². The van der Waals surface area contributed by atoms with Crippen LogP contribution in [0.4, 0.5) is 0 Å². The van der Waals surface area contributed by atoms with E-state index >= 15 is 0 Å². The normalized spacial score (nSPS) is 15.1. The summed E-state index contributed by atoms with van der Waals surface area (Å²) in [5.74, 6) is 0. The number of benzene rings is 2. The summed E-state index contributed by atoms with van der Waals surface area (Å²) in [6.45, 7) is -0.148. The van der Waals surface area contributed by atoms with Gasteiger partial charge in [-0.3, -0.25) is 4.98 Å². The molecule has 3 heterocycles. The first-order chi connectivity index (χ1) is 18.4. The van der Waals surface area contributed by atoms with Gasteiger partial charge in [0.15, 0.2) is 0 Å². The van der Waals surface area contributed by atoms with E-state index in [1.165, 1.54) is 41.5 Å². The maximum absolute atomic E-state index is 7.30. The molecule has 0 N–H and O–H groups in total. The first kappa shape index (κ1) is 19.2. The van der Waals surface area contributed by atoms with Crippen LogP contribution in [0.1, 0.15) is 26.8 Å². The lowest BCUT2D eigenvalue weighted by atomic mass is 10.1. The molecule has 0 saturated carbocycles. The van der Waals surface area contributed by atoms with Gasteiger partial charge in [0.25, 0.3) is 0 Å². The summed E-state index contributed by atoms with van der Waals surface area (Å²) in [5.41, 5.74) is 3.88. The minimum absolute atomic E-state index is 0.133. The molecule has 0 aliphatic carbocycles. The average Bonchev–Trinajstić information content (AvgIpc) is 3.49. The fraction of sp³-hybridized carbons (Fsp3) is 0.214. The van der Waals surface area contributed by atoms with Crippen molar-refractivity contribution in [1.82, 2.24) is 9.97 Å². The van der Waals surface area contributed by atoms with Gasteiger partial charge in [-0.15, -0.1) is 0 Å². The number of alkyl halides is 1. The Balaban J connectivity index is 0.000000206. The fourth-order valence-electron chi connectivity index (χ4n) is 2.89. The van der Waals surface area contributed by atoms with E-state index in [0.29, 0.717) is 5.69 Å². The Kier molecular flexibility index (Phi) is 9.63. The number of ether oxygens (including phenoxy) is 1. The number of hydrogen-bond acceptors (Lipinski definition) is 3. The van der Waals surface area contributed by atoms with E-state index in [1.54, 1.807) is 6.07 Å². The SMILES string of the molecule is Brc1cccc(-c2ccccc2)n1.C1CCOC1.[2H]C([2H])([2H])I.[2H]C([2H])([2H])c1cccc(-c2ccccc2)n1. The van der Waals surface area contributed by atoms with Crippen LogP contribution in [0.25, 0.3) is 22.5 Å². The van der Waals surface area contributed by atoms with Crippen molar-refractivity contribution in [2.45, 2.75) is 19.7 Å². The van der Waals surface area contributed by atoms with E-state index in [-0.39, 0.29) is 5.69 Å². The Morgan fingerprint density at radius 1 is 0.727 bits per heavy atom. The van der Waals surface area contributed by atoms with Gasteiger partial charge in [-0.05, 0) is 64.7 Å². The summed E-state index contributed by atoms with van der Waals surface area (Å²) >= 11 is 4.73. The lowest BCUT2D eigenvalue weighted by Gasteiger charge is -2.00. The van der Waals surface area contributed by atoms with Gasteiger partial charge in [-0.2, -0.15) is 0 Å². The monoisotopic (exact) mass is 622 g/mol. The molecule has 33 heavy (non-hydrogen) atoms. The van der Waals surface area contributed by atoms with Crippen molar-refractivity contribution >= 4 is 38.5 Å². The van der Waals surface area contributed by atoms with Crippen LogP contribution in [0, 0.1) is 6.85 Å². The molecule has 0 atom stereocenters. The number of halogens is 2. The summed E-state index contributed by atoms with van der Waals surface area (Å²) in [7, 11) is 0. The van der Waals surface area contributed by atoms with E-state index in [4.69, 9.17) is 13.0 Å². The summed E-state index contributed by atoms with van der Waals surface area (Å²) in [6, 6.07) is 30.6. The second kappa shape index (κ2) is 16.5. The third-order valence-electron chi connectivity index (χ3n) is 4.43. The molecule has 5 heteroatoms. The predicted octanol–water partition coefficient (Wildman–Crippen LogP) is 8.42. The van der Waals surface area contributed by atoms with Crippen LogP contribution in [-0.2, 0) is 4.74 Å². The first-order valence-electron chi connectivity index (χ1n) is 13.4. The van der Waals surface area contributed by atoms with Crippen LogP contribution in [0.5, 0.6) is 0 Å². The molecule has 5 rings (SSSR count). The van der Waals surface area contributed by atoms with Crippen molar-refractivity contribution in [3.8, 4) is 22.5 Å². The zero-order chi connectivity index (χ0) is 28.7. The van der Waals surface area contributed by atoms with Gasteiger partial charge in [-0.25, -0.2) is 4.98 Å². The maximum atomic E-state index is 7.30. The quantitative estimate of drug-likeness (QED) is 0.128. The van der Waals surface area contributed by atoms with Crippen LogP contribution in [0.2, 0.25) is 0 Å². The molecule has 4 aromatic rings. The van der Waals surface area contributed by atoms with Gasteiger partial charge in [0, 0.05) is 38.3 Å². The highest BCUT2D eigenvalue weighted by Crippen LogP contribution is 2.18. The molecule has 1 aliphatic heterocycles. The van der Waals surface area contributed by atoms with Gasteiger partial charge in [-0.1, -0.05) is 95.4 Å². The van der Waals surface area contributed by atoms with Crippen molar-refractivity contribution in [3.63, 3.8) is 0 Å². The van der Waals surface area contributed by atoms with Gasteiger partial charge in [0.05, 0.1) is 11.4 Å². The second-order valence-corrected chi connectivity index (χ2v) is 7.62. The second-order valence-electron chi connectivity index (χ2n) is 6.81. The van der Waals surface area contributed by atoms with Crippen LogP contribution in [-0.4, -0.2) is 28.0 Å². The smallest absolute Gasteiger partial charge is 0.106 e. The molecule has 0 radical (unpaired) electrons. The zero-order valence-electron chi connectivity index (χ0n) is 24.1. The molecule has 0 bridgehead atoms. The molecule has 0 unspecified atom stereocenters. The van der Waals surface area contributed by atoms with Crippen molar-refractivity contribution in [2.24, 2.45) is 0 Å². The average molecular weight is 623 g/mol. The van der Waals surface area contributed by atoms with E-state index < -0.39 is 11.7 Å². The molecule has 1 aliphatic rings. The third kappa shape index (κ3) is 10.6. The largest absolute Gasteiger partial charge is 0.381 e. The van der Waals surface area contributed by atoms with Crippen molar-refractivity contribution in [3.05, 3.63) is 107 Å². The molecule has 172 valence electrons. The van der Waals surface area contributed by atoms with E-state index in [2.05, 4.69) is 38.0 Å². The Morgan fingerprint density at radius 2 is 1.24 bits per heavy atom. The number of rotatable bonds is 2. The van der Waals surface area contributed by atoms with Gasteiger partial charge >= 0.3 is 0 Å². The van der Waals surface area contributed by atoms with Crippen LogP contribution < -0.4 is 0 Å². The molecular formula is C28H30BrIN2O. The molecular weight excluding hydrogens is 587 g/mol. The number of aromatic nitrogens is 2. The van der Waals surface area contributed by atoms with Crippen molar-refractivity contribution < 1.29 is 13.0 Å².